The molecule has 32 heteroatoms. The molecule has 0 aromatic heterocycles. The van der Waals surface area contributed by atoms with E-state index in [1.807, 2.05) is 43.3 Å². The maximum absolute atomic E-state index is 14.8. The molecule has 11 aromatic rings. The highest BCUT2D eigenvalue weighted by atomic mass is 32.3. The third kappa shape index (κ3) is 21.3. The average Bonchev–Trinajstić information content (AvgIpc) is 1.71. The minimum absolute atomic E-state index is 0. The molecule has 4 aliphatic heterocycles. The number of fused-ring (bicyclic) bond motifs is 12. The smallest absolute Gasteiger partial charge is 0.470 e. The fourth-order valence-electron chi connectivity index (χ4n) is 20.7. The van der Waals surface area contributed by atoms with Crippen molar-refractivity contribution >= 4 is 137 Å². The Morgan fingerprint density at radius 3 is 0.959 bits per heavy atom. The molecule has 2 aliphatic carbocycles. The zero-order valence-electron chi connectivity index (χ0n) is 82.8. The molecule has 6 aliphatic rings. The summed E-state index contributed by atoms with van der Waals surface area (Å²) in [5.41, 5.74) is -2.55. The number of aryl methyl sites for hydroxylation is 1. The van der Waals surface area contributed by atoms with Gasteiger partial charge in [-0.25, -0.2) is 25.3 Å². The summed E-state index contributed by atoms with van der Waals surface area (Å²) >= 11 is 0. The standard InChI is InChI=1S/2C51H55N2O2S.C7H8O3S.C4F9O6S3.CH4/c2*1-7-9-34-52-43-30-26-36-18-14-16-22-41(36)47(43)50(3,4)45(52)32-28-38-24-25-39(49(38)56(54,55)40-20-12-11-13-21-40)29-33-46-51(5,6)48-42-23-17-15-19-37(42)27-31-44(48)53(46)35-10-8-2;1-6-2-4-7(5-3-6)11(8,9)10;5-2(6,7)20(14,15)1(21(16,17)3(8,9)10)22(18,19)4(11,12)13;/h2*11-23,26-33H,7-10,24-25,34-35H2,1-6H3;2-5H,1H3,(H,8,9,10);;1H4/q2*+1;;-1;/p-1. The molecule has 146 heavy (non-hydrogen) atoms. The van der Waals surface area contributed by atoms with E-state index in [-0.39, 0.29) is 34.0 Å². The van der Waals surface area contributed by atoms with E-state index in [9.17, 15) is 94.6 Å². The summed E-state index contributed by atoms with van der Waals surface area (Å²) in [6.07, 6.45) is 28.8. The highest BCUT2D eigenvalue weighted by molar-refractivity contribution is 8.29. The van der Waals surface area contributed by atoms with Crippen LogP contribution in [0.25, 0.3) is 43.1 Å². The van der Waals surface area contributed by atoms with Gasteiger partial charge < -0.3 is 14.4 Å². The van der Waals surface area contributed by atoms with Gasteiger partial charge in [0.25, 0.3) is 0 Å². The van der Waals surface area contributed by atoms with Crippen molar-refractivity contribution < 1.29 is 104 Å². The maximum atomic E-state index is 14.8. The lowest BCUT2D eigenvalue weighted by Gasteiger charge is -2.31. The van der Waals surface area contributed by atoms with E-state index < -0.39 is 79.7 Å². The number of allylic oxidation sites excluding steroid dienone is 14. The van der Waals surface area contributed by atoms with Gasteiger partial charge in [-0.1, -0.05) is 276 Å². The normalized spacial score (nSPS) is 17.9. The van der Waals surface area contributed by atoms with Crippen LogP contribution in [0, 0.1) is 10.8 Å². The molecule has 0 atom stereocenters. The fraction of sp³-hybridized carbons (Fsp3) is 0.325. The van der Waals surface area contributed by atoms with Crippen molar-refractivity contribution in [1.29, 1.82) is 0 Å². The molecule has 17 nitrogen and oxygen atoms in total. The molecule has 0 radical (unpaired) electrons. The van der Waals surface area contributed by atoms with Gasteiger partial charge in [0, 0.05) is 94.9 Å². The zero-order chi connectivity index (χ0) is 106. The highest BCUT2D eigenvalue weighted by Crippen LogP contribution is 2.56. The molecule has 0 spiro atoms. The lowest BCUT2D eigenvalue weighted by Crippen LogP contribution is -2.47. The van der Waals surface area contributed by atoms with E-state index in [1.165, 1.54) is 123 Å². The van der Waals surface area contributed by atoms with E-state index in [0.717, 1.165) is 105 Å². The topological polar surface area (TPSA) is 240 Å². The third-order valence-electron chi connectivity index (χ3n) is 27.7. The van der Waals surface area contributed by atoms with Gasteiger partial charge in [-0.2, -0.15) is 48.7 Å². The lowest BCUT2D eigenvalue weighted by atomic mass is 9.79. The van der Waals surface area contributed by atoms with E-state index in [0.29, 0.717) is 45.3 Å². The van der Waals surface area contributed by atoms with Crippen LogP contribution in [0.15, 0.2) is 337 Å². The molecule has 774 valence electrons. The Morgan fingerprint density at radius 1 is 0.349 bits per heavy atom. The number of alkyl halides is 9. The Kier molecular flexibility index (Phi) is 32.8. The SMILES string of the molecule is C.CCCCN1/C(=C/C=C2\CCC(/C=C/C3=[N+](CCCC)c4ccc5ccccc5c4C3(C)C)=C2S(=O)(=O)c2ccccc2)C(C)(C)c2c1ccc1ccccc21.CCCCN1/C(=C/C=C2\CCC(/C=C/C3=[N+](CCCC)c4ccc5ccccc5c4C3(C)C)=C2S(=O)(=O)c2ccccc2)C(C)(C)c2c1ccc1ccccc21.Cc1ccc(S(=O)(=O)[O-])cc1.O=S(=O)([C-](S(=O)(=O)C(F)(F)F)S(=O)(=O)C(F)(F)F)C(F)(F)F. The fourth-order valence-corrected chi connectivity index (χ4v) is 30.4. The third-order valence-corrected chi connectivity index (χ3v) is 39.6. The minimum Gasteiger partial charge on any atom is -0.744 e. The Morgan fingerprint density at radius 2 is 0.651 bits per heavy atom. The first-order chi connectivity index (χ1) is 68.1. The molecule has 17 rings (SSSR count). The van der Waals surface area contributed by atoms with Crippen molar-refractivity contribution in [3.05, 3.63) is 354 Å². The molecule has 0 amide bonds. The highest BCUT2D eigenvalue weighted by Gasteiger charge is 2.64. The summed E-state index contributed by atoms with van der Waals surface area (Å²) in [6.45, 7) is 33.0. The van der Waals surface area contributed by atoms with E-state index in [2.05, 4.69) is 296 Å². The van der Waals surface area contributed by atoms with E-state index in [1.54, 1.807) is 36.4 Å². The Balaban J connectivity index is 0.000000186. The number of anilines is 2. The van der Waals surface area contributed by atoms with Gasteiger partial charge in [-0.05, 0) is 222 Å². The quantitative estimate of drug-likeness (QED) is 0.0212. The molecule has 0 bridgehead atoms. The number of halogens is 9. The van der Waals surface area contributed by atoms with Crippen LogP contribution in [0.4, 0.5) is 62.3 Å². The van der Waals surface area contributed by atoms with E-state index in [4.69, 9.17) is 0 Å². The van der Waals surface area contributed by atoms with Crippen molar-refractivity contribution in [1.82, 2.24) is 0 Å². The maximum Gasteiger partial charge on any atom is 0.470 e. The lowest BCUT2D eigenvalue weighted by molar-refractivity contribution is -0.438. The molecule has 4 heterocycles. The van der Waals surface area contributed by atoms with Crippen molar-refractivity contribution in [3.63, 3.8) is 0 Å². The molecule has 11 aromatic carbocycles. The van der Waals surface area contributed by atoms with Gasteiger partial charge in [0.05, 0.1) is 39.2 Å². The predicted molar refractivity (Wildman–Crippen MR) is 566 cm³/mol. The van der Waals surface area contributed by atoms with Crippen LogP contribution in [0.1, 0.15) is 195 Å². The van der Waals surface area contributed by atoms with Gasteiger partial charge in [-0.15, -0.1) is 0 Å². The summed E-state index contributed by atoms with van der Waals surface area (Å²) in [6, 6.07) is 76.5. The summed E-state index contributed by atoms with van der Waals surface area (Å²) < 4.78 is 263. The Hall–Kier alpha value is -11.7. The first-order valence-corrected chi connectivity index (χ1v) is 57.0. The van der Waals surface area contributed by atoms with Crippen molar-refractivity contribution in [2.45, 2.75) is 227 Å². The van der Waals surface area contributed by atoms with E-state index >= 15 is 0 Å². The van der Waals surface area contributed by atoms with Gasteiger partial charge >= 0.3 is 16.5 Å². The number of unbranched alkanes of at least 4 members (excludes halogenated alkanes) is 4. The minimum atomic E-state index is -8.02. The van der Waals surface area contributed by atoms with Gasteiger partial charge in [0.1, 0.15) is 23.2 Å². The first-order valence-electron chi connectivity index (χ1n) is 48.1. The number of sulfone groups is 5. The summed E-state index contributed by atoms with van der Waals surface area (Å²) in [4.78, 5) is 6.37. The second kappa shape index (κ2) is 42.9. The number of nitrogens with zero attached hydrogens (tertiary/aromatic N) is 4. The second-order valence-electron chi connectivity index (χ2n) is 38.9. The van der Waals surface area contributed by atoms with Gasteiger partial charge in [0.15, 0.2) is 40.9 Å². The largest absolute Gasteiger partial charge is 0.744 e. The second-order valence-corrected chi connectivity index (χ2v) is 50.4. The summed E-state index contributed by atoms with van der Waals surface area (Å²) in [7, 11) is -36.0. The van der Waals surface area contributed by atoms with Crippen LogP contribution in [0.2, 0.25) is 0 Å². The summed E-state index contributed by atoms with van der Waals surface area (Å²) in [5.74, 6) is 0. The molecular formula is C114H121F9N4O13S6. The number of hydrogen-bond donors (Lipinski definition) is 0. The zero-order valence-corrected chi connectivity index (χ0v) is 87.7. The number of benzene rings is 11. The molecule has 0 saturated carbocycles. The molecule has 0 N–H and O–H groups in total. The van der Waals surface area contributed by atoms with Crippen molar-refractivity contribution in [2.75, 3.05) is 36.0 Å². The van der Waals surface area contributed by atoms with Crippen molar-refractivity contribution in [3.8, 4) is 0 Å². The van der Waals surface area contributed by atoms with Gasteiger partial charge in [0.2, 0.25) is 31.0 Å². The molecule has 0 unspecified atom stereocenters. The van der Waals surface area contributed by atoms with Crippen LogP contribution < -0.4 is 9.80 Å². The van der Waals surface area contributed by atoms with Crippen LogP contribution in [-0.4, -0.2) is 118 Å². The van der Waals surface area contributed by atoms with Crippen LogP contribution in [0.5, 0.6) is 0 Å². The summed E-state index contributed by atoms with van der Waals surface area (Å²) in [5, 5.41) is 10.1. The Labute approximate surface area is 851 Å². The predicted octanol–water partition coefficient (Wildman–Crippen LogP) is 28.1. The van der Waals surface area contributed by atoms with Crippen LogP contribution >= 0.6 is 0 Å². The monoisotopic (exact) mass is 2120 g/mol. The molecule has 0 fully saturated rings. The average molecular weight is 2120 g/mol. The molecular weight excluding hydrogens is 2000 g/mol. The molecule has 0 saturated heterocycles. The van der Waals surface area contributed by atoms with Crippen LogP contribution in [-0.2, 0) is 81.0 Å². The number of rotatable bonds is 26. The Bertz CT molecular complexity index is 7520. The van der Waals surface area contributed by atoms with Gasteiger partial charge in [-0.3, -0.25) is 25.3 Å². The number of hydrogen-bond acceptors (Lipinski definition) is 15. The first kappa shape index (κ1) is 112. The van der Waals surface area contributed by atoms with Crippen LogP contribution in [0.3, 0.4) is 0 Å². The van der Waals surface area contributed by atoms with Crippen molar-refractivity contribution in [2.24, 2.45) is 0 Å².